The molecule has 2 nitrogen and oxygen atoms in total. The molecule has 0 spiro atoms. The van der Waals surface area contributed by atoms with Gasteiger partial charge in [0.25, 0.3) is 0 Å². The molecule has 17 heavy (non-hydrogen) atoms. The summed E-state index contributed by atoms with van der Waals surface area (Å²) in [5, 5.41) is 14.2. The Kier molecular flexibility index (Phi) is 4.18. The van der Waals surface area contributed by atoms with Gasteiger partial charge in [-0.1, -0.05) is 30.1 Å². The highest BCUT2D eigenvalue weighted by molar-refractivity contribution is 6.42. The predicted octanol–water partition coefficient (Wildman–Crippen LogP) is 3.80. The number of hydrogen-bond donors (Lipinski definition) is 2. The minimum absolute atomic E-state index is 0.255. The van der Waals surface area contributed by atoms with E-state index in [-0.39, 0.29) is 5.75 Å². The van der Waals surface area contributed by atoms with E-state index in [0.717, 1.165) is 31.5 Å². The van der Waals surface area contributed by atoms with Gasteiger partial charge < -0.3 is 10.4 Å². The molecular formula is C13H17Cl2NO. The number of phenolic OH excluding ortho intramolecular Hbond substituents is 1. The minimum atomic E-state index is 0.255. The maximum absolute atomic E-state index is 9.96. The number of aromatic hydroxyl groups is 1. The molecule has 2 N–H and O–H groups in total. The molecule has 1 aromatic carbocycles. The van der Waals surface area contributed by atoms with Gasteiger partial charge in [0.2, 0.25) is 0 Å². The summed E-state index contributed by atoms with van der Waals surface area (Å²) in [5.41, 5.74) is 0.909. The molecular weight excluding hydrogens is 257 g/mol. The third-order valence-electron chi connectivity index (χ3n) is 3.65. The lowest BCUT2D eigenvalue weighted by Crippen LogP contribution is -2.30. The van der Waals surface area contributed by atoms with Gasteiger partial charge in [0, 0.05) is 6.07 Å². The average Bonchev–Trinajstić information content (AvgIpc) is 2.34. The molecule has 1 atom stereocenters. The molecule has 0 bridgehead atoms. The molecule has 0 unspecified atom stereocenters. The fourth-order valence-corrected chi connectivity index (χ4v) is 2.84. The van der Waals surface area contributed by atoms with Gasteiger partial charge in [0.15, 0.2) is 0 Å². The lowest BCUT2D eigenvalue weighted by molar-refractivity contribution is 0.324. The number of hydrogen-bond acceptors (Lipinski definition) is 2. The summed E-state index contributed by atoms with van der Waals surface area (Å²) in [7, 11) is 0. The number of nitrogens with one attached hydrogen (secondary N) is 1. The van der Waals surface area contributed by atoms with Gasteiger partial charge >= 0.3 is 0 Å². The summed E-state index contributed by atoms with van der Waals surface area (Å²) < 4.78 is 0. The second-order valence-corrected chi connectivity index (χ2v) is 5.52. The van der Waals surface area contributed by atoms with Crippen LogP contribution in [0.25, 0.3) is 0 Å². The van der Waals surface area contributed by atoms with Gasteiger partial charge in [0.05, 0.1) is 10.0 Å². The average molecular weight is 274 g/mol. The van der Waals surface area contributed by atoms with Crippen molar-refractivity contribution in [3.8, 4) is 5.75 Å². The van der Waals surface area contributed by atoms with Gasteiger partial charge in [-0.25, -0.2) is 0 Å². The molecule has 0 amide bonds. The molecule has 1 heterocycles. The Hall–Kier alpha value is -0.440. The maximum atomic E-state index is 9.96. The van der Waals surface area contributed by atoms with E-state index < -0.39 is 0 Å². The van der Waals surface area contributed by atoms with Gasteiger partial charge in [0.1, 0.15) is 5.75 Å². The Morgan fingerprint density at radius 1 is 1.24 bits per heavy atom. The highest BCUT2D eigenvalue weighted by Crippen LogP contribution is 2.39. The molecule has 94 valence electrons. The Morgan fingerprint density at radius 3 is 2.47 bits per heavy atom. The fraction of sp³-hybridized carbons (Fsp3) is 0.538. The number of halogens is 2. The standard InChI is InChI=1S/C13H17Cl2NO/c1-8(9-2-4-16-5-3-9)10-6-11(14)12(15)7-13(10)17/h6-9,16-17H,2-5H2,1H3/t8-/m1/s1. The lowest BCUT2D eigenvalue weighted by atomic mass is 9.81. The third-order valence-corrected chi connectivity index (χ3v) is 4.37. The Labute approximate surface area is 112 Å². The number of phenols is 1. The van der Waals surface area contributed by atoms with E-state index in [1.807, 2.05) is 0 Å². The summed E-state index contributed by atoms with van der Waals surface area (Å²) in [6, 6.07) is 3.34. The van der Waals surface area contributed by atoms with E-state index in [4.69, 9.17) is 23.2 Å². The van der Waals surface area contributed by atoms with E-state index in [1.54, 1.807) is 6.07 Å². The van der Waals surface area contributed by atoms with Crippen molar-refractivity contribution in [3.63, 3.8) is 0 Å². The third kappa shape index (κ3) is 2.87. The van der Waals surface area contributed by atoms with Crippen molar-refractivity contribution in [2.75, 3.05) is 13.1 Å². The molecule has 1 aliphatic heterocycles. The van der Waals surface area contributed by atoms with Gasteiger partial charge in [-0.15, -0.1) is 0 Å². The van der Waals surface area contributed by atoms with Crippen molar-refractivity contribution in [1.82, 2.24) is 5.32 Å². The summed E-state index contributed by atoms with van der Waals surface area (Å²) in [6.07, 6.45) is 2.28. The molecule has 2 rings (SSSR count). The van der Waals surface area contributed by atoms with Gasteiger partial charge in [-0.2, -0.15) is 0 Å². The largest absolute Gasteiger partial charge is 0.508 e. The van der Waals surface area contributed by atoms with Crippen LogP contribution >= 0.6 is 23.2 Å². The zero-order chi connectivity index (χ0) is 12.4. The first kappa shape index (κ1) is 13.0. The van der Waals surface area contributed by atoms with Crippen LogP contribution in [0.4, 0.5) is 0 Å². The molecule has 0 saturated carbocycles. The highest BCUT2D eigenvalue weighted by Gasteiger charge is 2.23. The first-order valence-corrected chi connectivity index (χ1v) is 6.74. The smallest absolute Gasteiger partial charge is 0.120 e. The molecule has 0 aromatic heterocycles. The quantitative estimate of drug-likeness (QED) is 0.859. The molecule has 1 aliphatic rings. The van der Waals surface area contributed by atoms with Crippen LogP contribution in [-0.2, 0) is 0 Å². The SMILES string of the molecule is C[C@@H](c1cc(Cl)c(Cl)cc1O)C1CCNCC1. The van der Waals surface area contributed by atoms with E-state index >= 15 is 0 Å². The first-order valence-electron chi connectivity index (χ1n) is 5.98. The van der Waals surface area contributed by atoms with Crippen LogP contribution in [0.3, 0.4) is 0 Å². The Morgan fingerprint density at radius 2 is 1.82 bits per heavy atom. The fourth-order valence-electron chi connectivity index (χ4n) is 2.51. The second-order valence-electron chi connectivity index (χ2n) is 4.70. The lowest BCUT2D eigenvalue weighted by Gasteiger charge is -2.29. The van der Waals surface area contributed by atoms with Crippen molar-refractivity contribution in [3.05, 3.63) is 27.7 Å². The summed E-state index contributed by atoms with van der Waals surface area (Å²) in [4.78, 5) is 0. The summed E-state index contributed by atoms with van der Waals surface area (Å²) in [5.74, 6) is 1.16. The number of rotatable bonds is 2. The molecule has 4 heteroatoms. The van der Waals surface area contributed by atoms with Crippen LogP contribution in [0.2, 0.25) is 10.0 Å². The van der Waals surface area contributed by atoms with Gasteiger partial charge in [-0.3, -0.25) is 0 Å². The number of benzene rings is 1. The molecule has 0 radical (unpaired) electrons. The maximum Gasteiger partial charge on any atom is 0.120 e. The van der Waals surface area contributed by atoms with Crippen molar-refractivity contribution in [1.29, 1.82) is 0 Å². The molecule has 1 fully saturated rings. The highest BCUT2D eigenvalue weighted by atomic mass is 35.5. The van der Waals surface area contributed by atoms with Crippen molar-refractivity contribution in [2.24, 2.45) is 5.92 Å². The minimum Gasteiger partial charge on any atom is -0.508 e. The molecule has 0 aliphatic carbocycles. The summed E-state index contributed by atoms with van der Waals surface area (Å²) in [6.45, 7) is 4.25. The van der Waals surface area contributed by atoms with Crippen LogP contribution in [0.15, 0.2) is 12.1 Å². The van der Waals surface area contributed by atoms with Crippen LogP contribution in [0, 0.1) is 5.92 Å². The van der Waals surface area contributed by atoms with Crippen LogP contribution < -0.4 is 5.32 Å². The monoisotopic (exact) mass is 273 g/mol. The number of piperidine rings is 1. The predicted molar refractivity (Wildman–Crippen MR) is 72.1 cm³/mol. The zero-order valence-corrected chi connectivity index (χ0v) is 11.4. The molecule has 1 saturated heterocycles. The van der Waals surface area contributed by atoms with Crippen LogP contribution in [0.1, 0.15) is 31.2 Å². The van der Waals surface area contributed by atoms with E-state index in [9.17, 15) is 5.11 Å². The molecule has 1 aromatic rings. The Balaban J connectivity index is 2.23. The van der Waals surface area contributed by atoms with Crippen LogP contribution in [-0.4, -0.2) is 18.2 Å². The summed E-state index contributed by atoms with van der Waals surface area (Å²) >= 11 is 11.9. The van der Waals surface area contributed by atoms with Crippen LogP contribution in [0.5, 0.6) is 5.75 Å². The van der Waals surface area contributed by atoms with E-state index in [0.29, 0.717) is 21.9 Å². The normalized spacial score (nSPS) is 19.2. The van der Waals surface area contributed by atoms with Crippen molar-refractivity contribution in [2.45, 2.75) is 25.7 Å². The second kappa shape index (κ2) is 5.47. The van der Waals surface area contributed by atoms with E-state index in [1.165, 1.54) is 6.07 Å². The van der Waals surface area contributed by atoms with E-state index in [2.05, 4.69) is 12.2 Å². The first-order chi connectivity index (χ1) is 8.09. The Bertz CT molecular complexity index is 403. The topological polar surface area (TPSA) is 32.3 Å². The zero-order valence-electron chi connectivity index (χ0n) is 9.84. The van der Waals surface area contributed by atoms with Crippen molar-refractivity contribution >= 4 is 23.2 Å². The van der Waals surface area contributed by atoms with Gasteiger partial charge in [-0.05, 0) is 49.4 Å². The van der Waals surface area contributed by atoms with Crippen molar-refractivity contribution < 1.29 is 5.11 Å².